The van der Waals surface area contributed by atoms with E-state index in [1.807, 2.05) is 0 Å². The molecule has 0 unspecified atom stereocenters. The molecular formula is C24H30F2N8O. The van der Waals surface area contributed by atoms with Gasteiger partial charge >= 0.3 is 0 Å². The van der Waals surface area contributed by atoms with Crippen molar-refractivity contribution in [3.8, 4) is 17.0 Å². The van der Waals surface area contributed by atoms with Crippen LogP contribution in [0, 0.1) is 11.2 Å². The summed E-state index contributed by atoms with van der Waals surface area (Å²) in [6.07, 6.45) is 2.61. The molecule has 3 aromatic heterocycles. The lowest BCUT2D eigenvalue weighted by atomic mass is 9.79. The molecule has 1 aromatic carbocycles. The zero-order valence-corrected chi connectivity index (χ0v) is 20.4. The fraction of sp³-hybridized carbons (Fsp3) is 0.500. The first kappa shape index (κ1) is 23.4. The Bertz CT molecular complexity index is 1360. The van der Waals surface area contributed by atoms with Crippen LogP contribution in [0.15, 0.2) is 24.4 Å². The van der Waals surface area contributed by atoms with Crippen molar-refractivity contribution in [2.24, 2.45) is 5.41 Å². The minimum Gasteiger partial charge on any atom is -0.479 e. The van der Waals surface area contributed by atoms with Crippen LogP contribution in [0.2, 0.25) is 0 Å². The molecule has 1 aliphatic heterocycles. The summed E-state index contributed by atoms with van der Waals surface area (Å²) in [5, 5.41) is 16.2. The van der Waals surface area contributed by atoms with Gasteiger partial charge in [-0.05, 0) is 49.5 Å². The summed E-state index contributed by atoms with van der Waals surface area (Å²) < 4.78 is 36.7. The highest BCUT2D eigenvalue weighted by Crippen LogP contribution is 2.36. The number of rotatable bonds is 7. The number of alkyl halides is 1. The second kappa shape index (κ2) is 9.03. The molecule has 1 aliphatic rings. The van der Waals surface area contributed by atoms with Crippen molar-refractivity contribution < 1.29 is 13.5 Å². The number of hydrogen-bond donors (Lipinski definition) is 1. The molecule has 1 fully saturated rings. The summed E-state index contributed by atoms with van der Waals surface area (Å²) in [4.78, 5) is 6.90. The smallest absolute Gasteiger partial charge is 0.244 e. The van der Waals surface area contributed by atoms with Crippen LogP contribution in [0.5, 0.6) is 5.88 Å². The molecule has 0 bridgehead atoms. The zero-order chi connectivity index (χ0) is 24.7. The molecule has 0 aliphatic carbocycles. The molecule has 11 heteroatoms. The predicted molar refractivity (Wildman–Crippen MR) is 130 cm³/mol. The van der Waals surface area contributed by atoms with Crippen LogP contribution in [0.4, 0.5) is 14.7 Å². The van der Waals surface area contributed by atoms with Crippen molar-refractivity contribution in [3.05, 3.63) is 30.2 Å². The van der Waals surface area contributed by atoms with Gasteiger partial charge in [0.05, 0.1) is 31.1 Å². The van der Waals surface area contributed by atoms with Crippen molar-refractivity contribution in [1.29, 1.82) is 0 Å². The van der Waals surface area contributed by atoms with E-state index in [0.29, 0.717) is 46.6 Å². The Balaban J connectivity index is 1.55. The second-order valence-electron chi connectivity index (χ2n) is 9.86. The van der Waals surface area contributed by atoms with E-state index in [1.165, 1.54) is 17.8 Å². The molecule has 0 amide bonds. The van der Waals surface area contributed by atoms with Gasteiger partial charge in [0.2, 0.25) is 11.8 Å². The zero-order valence-electron chi connectivity index (χ0n) is 20.4. The number of nitrogens with zero attached hydrogens (tertiary/aromatic N) is 7. The third kappa shape index (κ3) is 4.29. The minimum atomic E-state index is -0.448. The maximum Gasteiger partial charge on any atom is 0.244 e. The van der Waals surface area contributed by atoms with Gasteiger partial charge in [0.25, 0.3) is 0 Å². The number of aryl methyl sites for hydroxylation is 1. The molecular weight excluding hydrogens is 454 g/mol. The van der Waals surface area contributed by atoms with Gasteiger partial charge in [-0.15, -0.1) is 10.2 Å². The van der Waals surface area contributed by atoms with Crippen LogP contribution in [0.3, 0.4) is 0 Å². The van der Waals surface area contributed by atoms with Crippen molar-refractivity contribution >= 4 is 22.5 Å². The molecule has 5 rings (SSSR count). The number of likely N-dealkylation sites (tertiary alicyclic amines) is 1. The van der Waals surface area contributed by atoms with Crippen LogP contribution < -0.4 is 10.1 Å². The molecule has 4 heterocycles. The Morgan fingerprint density at radius 1 is 1.29 bits per heavy atom. The lowest BCUT2D eigenvalue weighted by Crippen LogP contribution is -2.50. The van der Waals surface area contributed by atoms with E-state index < -0.39 is 12.5 Å². The number of anilines is 1. The normalized spacial score (nSPS) is 18.4. The minimum absolute atomic E-state index is 0.0141. The van der Waals surface area contributed by atoms with Crippen molar-refractivity contribution in [1.82, 2.24) is 34.5 Å². The van der Waals surface area contributed by atoms with Gasteiger partial charge in [0, 0.05) is 19.1 Å². The Morgan fingerprint density at radius 2 is 2.11 bits per heavy atom. The van der Waals surface area contributed by atoms with Gasteiger partial charge in [0.1, 0.15) is 11.0 Å². The molecule has 0 spiro atoms. The van der Waals surface area contributed by atoms with Crippen LogP contribution in [0.25, 0.3) is 27.7 Å². The SMILES string of the molecule is COc1nc(N[C@H]2CCN(C)CC2(C)C)nn2cc(F)c(-c3ccc4nnn(CCCF)c4c3)c12. The van der Waals surface area contributed by atoms with Gasteiger partial charge in [-0.1, -0.05) is 25.1 Å². The number of methoxy groups -OCH3 is 1. The maximum absolute atomic E-state index is 15.3. The Labute approximate surface area is 202 Å². The number of nitrogens with one attached hydrogen (secondary N) is 1. The number of halogens is 2. The summed E-state index contributed by atoms with van der Waals surface area (Å²) in [5.41, 5.74) is 2.75. The van der Waals surface area contributed by atoms with Crippen molar-refractivity contribution in [2.75, 3.05) is 39.2 Å². The van der Waals surface area contributed by atoms with Crippen molar-refractivity contribution in [2.45, 2.75) is 39.3 Å². The number of ether oxygens (including phenoxy) is 1. The van der Waals surface area contributed by atoms with Gasteiger partial charge in [0.15, 0.2) is 5.82 Å². The third-order valence-electron chi connectivity index (χ3n) is 6.78. The molecule has 1 atom stereocenters. The first-order chi connectivity index (χ1) is 16.8. The van der Waals surface area contributed by atoms with E-state index in [0.717, 1.165) is 19.5 Å². The average Bonchev–Trinajstić information content (AvgIpc) is 3.37. The molecule has 0 saturated carbocycles. The van der Waals surface area contributed by atoms with Crippen LogP contribution >= 0.6 is 0 Å². The number of benzene rings is 1. The fourth-order valence-corrected chi connectivity index (χ4v) is 5.04. The van der Waals surface area contributed by atoms with Gasteiger partial charge in [-0.3, -0.25) is 4.39 Å². The summed E-state index contributed by atoms with van der Waals surface area (Å²) in [6, 6.07) is 5.53. The topological polar surface area (TPSA) is 85.4 Å². The maximum atomic E-state index is 15.3. The van der Waals surface area contributed by atoms with Crippen LogP contribution in [-0.2, 0) is 6.54 Å². The fourth-order valence-electron chi connectivity index (χ4n) is 5.04. The second-order valence-corrected chi connectivity index (χ2v) is 9.86. The monoisotopic (exact) mass is 484 g/mol. The first-order valence-corrected chi connectivity index (χ1v) is 11.8. The number of fused-ring (bicyclic) bond motifs is 2. The summed E-state index contributed by atoms with van der Waals surface area (Å²) in [7, 11) is 3.63. The Kier molecular flexibility index (Phi) is 6.04. The predicted octanol–water partition coefficient (Wildman–Crippen LogP) is 3.79. The van der Waals surface area contributed by atoms with Crippen LogP contribution in [-0.4, -0.2) is 74.5 Å². The van der Waals surface area contributed by atoms with E-state index in [1.54, 1.807) is 22.9 Å². The lowest BCUT2D eigenvalue weighted by molar-refractivity contribution is 0.126. The molecule has 0 radical (unpaired) electrons. The van der Waals surface area contributed by atoms with Gasteiger partial charge < -0.3 is 15.0 Å². The third-order valence-corrected chi connectivity index (χ3v) is 6.78. The van der Waals surface area contributed by atoms with Crippen molar-refractivity contribution in [3.63, 3.8) is 0 Å². The quantitative estimate of drug-likeness (QED) is 0.427. The summed E-state index contributed by atoms with van der Waals surface area (Å²) >= 11 is 0. The lowest BCUT2D eigenvalue weighted by Gasteiger charge is -2.43. The van der Waals surface area contributed by atoms with E-state index in [2.05, 4.69) is 51.5 Å². The molecule has 9 nitrogen and oxygen atoms in total. The van der Waals surface area contributed by atoms with E-state index in [4.69, 9.17) is 4.74 Å². The molecule has 1 saturated heterocycles. The first-order valence-electron chi connectivity index (χ1n) is 11.8. The Hall–Kier alpha value is -3.34. The van der Waals surface area contributed by atoms with E-state index in [-0.39, 0.29) is 17.3 Å². The highest BCUT2D eigenvalue weighted by atomic mass is 19.1. The average molecular weight is 485 g/mol. The highest BCUT2D eigenvalue weighted by molar-refractivity contribution is 5.89. The van der Waals surface area contributed by atoms with E-state index >= 15 is 4.39 Å². The molecule has 186 valence electrons. The molecule has 4 aromatic rings. The summed E-state index contributed by atoms with van der Waals surface area (Å²) in [5.74, 6) is 0.218. The number of hydrogen-bond acceptors (Lipinski definition) is 7. The Morgan fingerprint density at radius 3 is 2.86 bits per heavy atom. The van der Waals surface area contributed by atoms with Gasteiger partial charge in [-0.25, -0.2) is 13.6 Å². The van der Waals surface area contributed by atoms with E-state index in [9.17, 15) is 4.39 Å². The highest BCUT2D eigenvalue weighted by Gasteiger charge is 2.35. The largest absolute Gasteiger partial charge is 0.479 e. The number of piperidine rings is 1. The standard InChI is InChI=1S/C24H30F2N8O/c1-24(2)14-32(3)11-8-19(24)27-23-28-22(35-4)21-20(16(26)13-34(21)30-23)15-6-7-17-18(12-15)33(31-29-17)10-5-9-25/h6-7,12-13,19H,5,8-11,14H2,1-4H3,(H,27,30)/t19-/m0/s1. The molecule has 1 N–H and O–H groups in total. The van der Waals surface area contributed by atoms with Crippen LogP contribution in [0.1, 0.15) is 26.7 Å². The van der Waals surface area contributed by atoms with Gasteiger partial charge in [-0.2, -0.15) is 4.98 Å². The number of aromatic nitrogens is 6. The molecule has 35 heavy (non-hydrogen) atoms. The summed E-state index contributed by atoms with van der Waals surface area (Å²) in [6.45, 7) is 6.30.